The van der Waals surface area contributed by atoms with Crippen LogP contribution in [0.15, 0.2) is 67.1 Å². The molecule has 0 aliphatic rings. The summed E-state index contributed by atoms with van der Waals surface area (Å²) >= 11 is 0. The van der Waals surface area contributed by atoms with Gasteiger partial charge >= 0.3 is 0 Å². The van der Waals surface area contributed by atoms with Gasteiger partial charge in [-0.15, -0.1) is 12.1 Å². The average Bonchev–Trinajstić information content (AvgIpc) is 3.24. The molecule has 0 bridgehead atoms. The van der Waals surface area contributed by atoms with Crippen LogP contribution in [0.1, 0.15) is 0 Å². The maximum atomic E-state index is 13.4. The van der Waals surface area contributed by atoms with Crippen LogP contribution in [0.3, 0.4) is 0 Å². The molecule has 1 aromatic carbocycles. The van der Waals surface area contributed by atoms with Gasteiger partial charge in [-0.05, 0) is 30.0 Å². The fourth-order valence-electron chi connectivity index (χ4n) is 2.20. The normalized spacial score (nSPS) is 9.68. The predicted molar refractivity (Wildman–Crippen MR) is 95.8 cm³/mol. The van der Waals surface area contributed by atoms with Gasteiger partial charge in [0.1, 0.15) is 5.75 Å². The second kappa shape index (κ2) is 10.4. The SMILES string of the molecule is COc1ccnc(-c2[c-]cc(F)cc2F)c1.[Ir].c1ccc(-c2ccn[n-]2)nc1. The van der Waals surface area contributed by atoms with E-state index < -0.39 is 11.6 Å². The van der Waals surface area contributed by atoms with E-state index in [1.165, 1.54) is 13.3 Å². The van der Waals surface area contributed by atoms with Crippen LogP contribution >= 0.6 is 0 Å². The van der Waals surface area contributed by atoms with Crippen molar-refractivity contribution in [2.75, 3.05) is 7.11 Å². The van der Waals surface area contributed by atoms with Gasteiger partial charge < -0.3 is 19.9 Å². The molecule has 0 spiro atoms. The van der Waals surface area contributed by atoms with Gasteiger partial charge in [-0.25, -0.2) is 0 Å². The van der Waals surface area contributed by atoms with Crippen molar-refractivity contribution in [3.8, 4) is 28.4 Å². The number of ether oxygens (including phenoxy) is 1. The quantitative estimate of drug-likeness (QED) is 0.358. The Labute approximate surface area is 174 Å². The van der Waals surface area contributed by atoms with Crippen LogP contribution in [0.4, 0.5) is 8.78 Å². The third-order valence-electron chi connectivity index (χ3n) is 3.47. The van der Waals surface area contributed by atoms with Gasteiger partial charge in [-0.2, -0.15) is 0 Å². The summed E-state index contributed by atoms with van der Waals surface area (Å²) < 4.78 is 31.1. The van der Waals surface area contributed by atoms with E-state index in [9.17, 15) is 8.78 Å². The molecule has 0 saturated carbocycles. The number of methoxy groups -OCH3 is 1. The second-order valence-corrected chi connectivity index (χ2v) is 5.25. The molecule has 3 aromatic heterocycles. The molecule has 3 heterocycles. The Morgan fingerprint density at radius 3 is 2.43 bits per heavy atom. The largest absolute Gasteiger partial charge is 0.574 e. The van der Waals surface area contributed by atoms with E-state index in [0.717, 1.165) is 23.5 Å². The molecule has 0 atom stereocenters. The Morgan fingerprint density at radius 2 is 1.79 bits per heavy atom. The van der Waals surface area contributed by atoms with E-state index in [2.05, 4.69) is 26.2 Å². The van der Waals surface area contributed by atoms with Crippen LogP contribution in [0.5, 0.6) is 5.75 Å². The maximum absolute atomic E-state index is 13.4. The number of aromatic nitrogens is 4. The van der Waals surface area contributed by atoms with E-state index in [1.54, 1.807) is 24.5 Å². The van der Waals surface area contributed by atoms with Crippen molar-refractivity contribution >= 4 is 0 Å². The molecule has 145 valence electrons. The fourth-order valence-corrected chi connectivity index (χ4v) is 2.20. The molecular weight excluding hydrogens is 542 g/mol. The number of hydrogen-bond donors (Lipinski definition) is 0. The Balaban J connectivity index is 0.000000205. The average molecular weight is 557 g/mol. The van der Waals surface area contributed by atoms with Crippen LogP contribution in [0.2, 0.25) is 0 Å². The van der Waals surface area contributed by atoms with Crippen LogP contribution < -0.4 is 9.84 Å². The molecule has 0 saturated heterocycles. The number of rotatable bonds is 3. The van der Waals surface area contributed by atoms with Crippen molar-refractivity contribution in [1.82, 2.24) is 20.2 Å². The van der Waals surface area contributed by atoms with Crippen molar-refractivity contribution in [2.45, 2.75) is 0 Å². The molecular formula is C20H14F2IrN4O-2. The predicted octanol–water partition coefficient (Wildman–Crippen LogP) is 3.93. The third-order valence-corrected chi connectivity index (χ3v) is 3.47. The van der Waals surface area contributed by atoms with Gasteiger partial charge in [0.15, 0.2) is 0 Å². The standard InChI is InChI=1S/C12H8F2NO.C8H6N3.Ir/c1-16-9-4-5-15-12(7-9)10-3-2-8(13)6-11(10)14;1-2-5-9-7(3-1)8-4-6-10-11-8;/h2,4-7H,1H3;1-6H;/q2*-1;. The minimum Gasteiger partial charge on any atom is -0.574 e. The smallest absolute Gasteiger partial charge is 0.113 e. The molecule has 0 N–H and O–H groups in total. The molecule has 0 amide bonds. The molecule has 0 aliphatic carbocycles. The van der Waals surface area contributed by atoms with E-state index in [-0.39, 0.29) is 25.7 Å². The molecule has 0 aliphatic heterocycles. The monoisotopic (exact) mass is 557 g/mol. The summed E-state index contributed by atoms with van der Waals surface area (Å²) in [6.07, 6.45) is 4.89. The van der Waals surface area contributed by atoms with Gasteiger partial charge in [0.2, 0.25) is 0 Å². The topological polar surface area (TPSA) is 62.0 Å². The molecule has 0 unspecified atom stereocenters. The zero-order valence-electron chi connectivity index (χ0n) is 14.6. The summed E-state index contributed by atoms with van der Waals surface area (Å²) in [5.41, 5.74) is 2.17. The summed E-state index contributed by atoms with van der Waals surface area (Å²) in [4.78, 5) is 8.09. The zero-order valence-corrected chi connectivity index (χ0v) is 17.0. The van der Waals surface area contributed by atoms with Crippen LogP contribution in [0.25, 0.3) is 22.6 Å². The first-order valence-electron chi connectivity index (χ1n) is 7.90. The first-order chi connectivity index (χ1) is 13.2. The summed E-state index contributed by atoms with van der Waals surface area (Å²) in [6.45, 7) is 0. The first-order valence-corrected chi connectivity index (χ1v) is 7.90. The summed E-state index contributed by atoms with van der Waals surface area (Å²) in [7, 11) is 1.50. The van der Waals surface area contributed by atoms with Gasteiger partial charge in [-0.3, -0.25) is 13.8 Å². The number of nitrogens with zero attached hydrogens (tertiary/aromatic N) is 4. The maximum Gasteiger partial charge on any atom is 0.113 e. The van der Waals surface area contributed by atoms with Gasteiger partial charge in [0.25, 0.3) is 0 Å². The minimum absolute atomic E-state index is 0. The minimum atomic E-state index is -0.694. The molecule has 8 heteroatoms. The number of pyridine rings is 2. The van der Waals surface area contributed by atoms with Gasteiger partial charge in [-0.1, -0.05) is 29.5 Å². The van der Waals surface area contributed by atoms with Crippen LogP contribution in [-0.2, 0) is 20.1 Å². The molecule has 1 radical (unpaired) electrons. The van der Waals surface area contributed by atoms with Crippen LogP contribution in [-0.4, -0.2) is 22.2 Å². The third kappa shape index (κ3) is 5.52. The van der Waals surface area contributed by atoms with Crippen molar-refractivity contribution in [3.63, 3.8) is 0 Å². The summed E-state index contributed by atoms with van der Waals surface area (Å²) in [5.74, 6) is -0.799. The van der Waals surface area contributed by atoms with Crippen molar-refractivity contribution in [3.05, 3.63) is 84.8 Å². The molecule has 5 nitrogen and oxygen atoms in total. The zero-order chi connectivity index (χ0) is 19.1. The summed E-state index contributed by atoms with van der Waals surface area (Å²) in [6, 6.07) is 15.1. The number of hydrogen-bond acceptors (Lipinski definition) is 4. The van der Waals surface area contributed by atoms with Gasteiger partial charge in [0, 0.05) is 56.0 Å². The molecule has 28 heavy (non-hydrogen) atoms. The Bertz CT molecular complexity index is 998. The molecule has 0 fully saturated rings. The Hall–Kier alpha value is -2.96. The van der Waals surface area contributed by atoms with E-state index in [0.29, 0.717) is 11.4 Å². The Kier molecular flexibility index (Phi) is 7.92. The van der Waals surface area contributed by atoms with E-state index in [1.807, 2.05) is 24.3 Å². The number of benzene rings is 1. The van der Waals surface area contributed by atoms with Crippen molar-refractivity contribution in [1.29, 1.82) is 0 Å². The Morgan fingerprint density at radius 1 is 0.964 bits per heavy atom. The number of halogens is 2. The van der Waals surface area contributed by atoms with E-state index in [4.69, 9.17) is 4.74 Å². The van der Waals surface area contributed by atoms with Crippen molar-refractivity contribution < 1.29 is 33.6 Å². The van der Waals surface area contributed by atoms with E-state index >= 15 is 0 Å². The molecule has 4 rings (SSSR count). The molecule has 4 aromatic rings. The van der Waals surface area contributed by atoms with Crippen LogP contribution in [0, 0.1) is 17.7 Å². The van der Waals surface area contributed by atoms with Crippen molar-refractivity contribution in [2.24, 2.45) is 0 Å². The first kappa shape index (κ1) is 21.3. The summed E-state index contributed by atoms with van der Waals surface area (Å²) in [5, 5.41) is 7.58. The van der Waals surface area contributed by atoms with Gasteiger partial charge in [0.05, 0.1) is 7.11 Å². The fraction of sp³-hybridized carbons (Fsp3) is 0.0500. The second-order valence-electron chi connectivity index (χ2n) is 5.25.